The Morgan fingerprint density at radius 2 is 1.71 bits per heavy atom. The minimum atomic E-state index is -3.10. The fourth-order valence-corrected chi connectivity index (χ4v) is 5.65. The van der Waals surface area contributed by atoms with E-state index in [2.05, 4.69) is 5.32 Å². The summed E-state index contributed by atoms with van der Waals surface area (Å²) in [7, 11) is -3.10. The molecule has 0 radical (unpaired) electrons. The van der Waals surface area contributed by atoms with E-state index in [0.717, 1.165) is 18.4 Å². The summed E-state index contributed by atoms with van der Waals surface area (Å²) in [6, 6.07) is 17.5. The second-order valence-electron chi connectivity index (χ2n) is 8.00. The number of hydrogen-bond acceptors (Lipinski definition) is 4. The fourth-order valence-electron chi connectivity index (χ4n) is 3.92. The lowest BCUT2D eigenvalue weighted by molar-refractivity contribution is -0.133. The van der Waals surface area contributed by atoms with Gasteiger partial charge < -0.3 is 10.2 Å². The molecule has 2 amide bonds. The van der Waals surface area contributed by atoms with Crippen LogP contribution in [-0.4, -0.2) is 49.2 Å². The number of amides is 2. The molecule has 31 heavy (non-hydrogen) atoms. The van der Waals surface area contributed by atoms with Crippen molar-refractivity contribution in [2.24, 2.45) is 0 Å². The van der Waals surface area contributed by atoms with Crippen LogP contribution in [0.1, 0.15) is 54.6 Å². The van der Waals surface area contributed by atoms with Gasteiger partial charge in [-0.2, -0.15) is 0 Å². The van der Waals surface area contributed by atoms with Crippen molar-refractivity contribution in [3.63, 3.8) is 0 Å². The molecule has 2 atom stereocenters. The van der Waals surface area contributed by atoms with E-state index in [4.69, 9.17) is 0 Å². The average Bonchev–Trinajstić information content (AvgIpc) is 3.14. The van der Waals surface area contributed by atoms with E-state index in [9.17, 15) is 18.0 Å². The van der Waals surface area contributed by atoms with Crippen LogP contribution in [0.5, 0.6) is 0 Å². The predicted molar refractivity (Wildman–Crippen MR) is 121 cm³/mol. The molecule has 1 saturated heterocycles. The second-order valence-corrected chi connectivity index (χ2v) is 10.2. The maximum absolute atomic E-state index is 13.3. The van der Waals surface area contributed by atoms with Crippen LogP contribution in [-0.2, 0) is 14.6 Å². The van der Waals surface area contributed by atoms with Gasteiger partial charge in [-0.05, 0) is 30.5 Å². The van der Waals surface area contributed by atoms with Gasteiger partial charge in [-0.15, -0.1) is 0 Å². The first-order valence-corrected chi connectivity index (χ1v) is 12.6. The summed E-state index contributed by atoms with van der Waals surface area (Å²) in [4.78, 5) is 27.8. The van der Waals surface area contributed by atoms with Crippen LogP contribution in [0.2, 0.25) is 0 Å². The van der Waals surface area contributed by atoms with Gasteiger partial charge in [0.25, 0.3) is 5.91 Å². The molecule has 0 bridgehead atoms. The summed E-state index contributed by atoms with van der Waals surface area (Å²) in [6.45, 7) is 2.57. The molecule has 0 aliphatic carbocycles. The third-order valence-corrected chi connectivity index (χ3v) is 7.39. The van der Waals surface area contributed by atoms with Gasteiger partial charge in [0.1, 0.15) is 0 Å². The Kier molecular flexibility index (Phi) is 7.85. The van der Waals surface area contributed by atoms with Crippen LogP contribution in [0.3, 0.4) is 0 Å². The zero-order valence-corrected chi connectivity index (χ0v) is 18.7. The average molecular weight is 443 g/mol. The van der Waals surface area contributed by atoms with Gasteiger partial charge in [-0.25, -0.2) is 8.42 Å². The Hall–Kier alpha value is -2.67. The standard InChI is InChI=1S/C24H30N2O4S/c1-2-3-15-26(21-14-16-31(29,30)18-21)23(27)17-22(19-10-6-4-7-11-19)25-24(28)20-12-8-5-9-13-20/h4-13,21-22H,2-3,14-18H2,1H3,(H,25,28). The number of hydrogen-bond donors (Lipinski definition) is 1. The lowest BCUT2D eigenvalue weighted by atomic mass is 10.0. The number of carbonyl (C=O) groups excluding carboxylic acids is 2. The molecule has 1 aliphatic rings. The quantitative estimate of drug-likeness (QED) is 0.645. The highest BCUT2D eigenvalue weighted by Gasteiger charge is 2.35. The Balaban J connectivity index is 1.79. The smallest absolute Gasteiger partial charge is 0.251 e. The number of sulfone groups is 1. The molecule has 1 heterocycles. The van der Waals surface area contributed by atoms with Crippen LogP contribution in [0.4, 0.5) is 0 Å². The third kappa shape index (κ3) is 6.40. The number of nitrogens with one attached hydrogen (secondary N) is 1. The minimum Gasteiger partial charge on any atom is -0.345 e. The summed E-state index contributed by atoms with van der Waals surface area (Å²) < 4.78 is 24.0. The molecule has 1 aliphatic heterocycles. The molecule has 2 aromatic carbocycles. The molecule has 1 fully saturated rings. The normalized spacial score (nSPS) is 18.3. The molecule has 6 nitrogen and oxygen atoms in total. The predicted octanol–water partition coefficient (Wildman–Crippen LogP) is 3.36. The van der Waals surface area contributed by atoms with Crippen molar-refractivity contribution in [2.75, 3.05) is 18.1 Å². The summed E-state index contributed by atoms with van der Waals surface area (Å²) >= 11 is 0. The number of unbranched alkanes of at least 4 members (excludes halogenated alkanes) is 1. The van der Waals surface area contributed by atoms with E-state index in [0.29, 0.717) is 18.5 Å². The summed E-state index contributed by atoms with van der Waals surface area (Å²) in [5.74, 6) is -0.224. The maximum atomic E-state index is 13.3. The Morgan fingerprint density at radius 1 is 1.06 bits per heavy atom. The molecule has 0 spiro atoms. The summed E-state index contributed by atoms with van der Waals surface area (Å²) in [5, 5.41) is 2.99. The van der Waals surface area contributed by atoms with Gasteiger partial charge >= 0.3 is 0 Å². The Bertz CT molecular complexity index is 977. The van der Waals surface area contributed by atoms with Crippen LogP contribution in [0.25, 0.3) is 0 Å². The van der Waals surface area contributed by atoms with Gasteiger partial charge in [0.05, 0.1) is 24.0 Å². The first-order valence-electron chi connectivity index (χ1n) is 10.8. The van der Waals surface area contributed by atoms with Gasteiger partial charge in [0.15, 0.2) is 9.84 Å². The van der Waals surface area contributed by atoms with Crippen LogP contribution >= 0.6 is 0 Å². The molecule has 2 aromatic rings. The Labute approximate surface area is 184 Å². The molecule has 1 N–H and O–H groups in total. The van der Waals surface area contributed by atoms with E-state index >= 15 is 0 Å². The molecule has 2 unspecified atom stereocenters. The SMILES string of the molecule is CCCCN(C(=O)CC(NC(=O)c1ccccc1)c1ccccc1)C1CCS(=O)(=O)C1. The molecule has 7 heteroatoms. The first-order chi connectivity index (χ1) is 14.9. The van der Waals surface area contributed by atoms with E-state index < -0.39 is 15.9 Å². The van der Waals surface area contributed by atoms with Crippen molar-refractivity contribution in [2.45, 2.75) is 44.7 Å². The van der Waals surface area contributed by atoms with Gasteiger partial charge in [-0.3, -0.25) is 9.59 Å². The van der Waals surface area contributed by atoms with Crippen molar-refractivity contribution in [1.29, 1.82) is 0 Å². The van der Waals surface area contributed by atoms with Crippen molar-refractivity contribution in [3.05, 3.63) is 71.8 Å². The number of rotatable bonds is 9. The number of benzene rings is 2. The van der Waals surface area contributed by atoms with E-state index in [-0.39, 0.29) is 35.8 Å². The molecule has 0 aromatic heterocycles. The molecule has 3 rings (SSSR count). The number of nitrogens with zero attached hydrogens (tertiary/aromatic N) is 1. The largest absolute Gasteiger partial charge is 0.345 e. The van der Waals surface area contributed by atoms with Crippen LogP contribution in [0, 0.1) is 0 Å². The summed E-state index contributed by atoms with van der Waals surface area (Å²) in [5.41, 5.74) is 1.37. The van der Waals surface area contributed by atoms with Gasteiger partial charge in [-0.1, -0.05) is 61.9 Å². The fraction of sp³-hybridized carbons (Fsp3) is 0.417. The minimum absolute atomic E-state index is 0.0227. The third-order valence-electron chi connectivity index (χ3n) is 5.64. The van der Waals surface area contributed by atoms with Crippen LogP contribution in [0.15, 0.2) is 60.7 Å². The van der Waals surface area contributed by atoms with Crippen molar-refractivity contribution >= 4 is 21.7 Å². The lowest BCUT2D eigenvalue weighted by Gasteiger charge is -2.30. The van der Waals surface area contributed by atoms with Crippen molar-refractivity contribution in [1.82, 2.24) is 10.2 Å². The van der Waals surface area contributed by atoms with E-state index in [1.165, 1.54) is 0 Å². The summed E-state index contributed by atoms with van der Waals surface area (Å²) in [6.07, 6.45) is 2.29. The van der Waals surface area contributed by atoms with Gasteiger partial charge in [0, 0.05) is 18.2 Å². The van der Waals surface area contributed by atoms with Crippen LogP contribution < -0.4 is 5.32 Å². The van der Waals surface area contributed by atoms with E-state index in [1.807, 2.05) is 43.3 Å². The van der Waals surface area contributed by atoms with Gasteiger partial charge in [0.2, 0.25) is 5.91 Å². The highest BCUT2D eigenvalue weighted by atomic mass is 32.2. The number of carbonyl (C=O) groups is 2. The Morgan fingerprint density at radius 3 is 2.29 bits per heavy atom. The second kappa shape index (κ2) is 10.6. The first kappa shape index (κ1) is 23.0. The maximum Gasteiger partial charge on any atom is 0.251 e. The monoisotopic (exact) mass is 442 g/mol. The zero-order chi connectivity index (χ0) is 22.3. The lowest BCUT2D eigenvalue weighted by Crippen LogP contribution is -2.43. The molecule has 166 valence electrons. The highest BCUT2D eigenvalue weighted by molar-refractivity contribution is 7.91. The van der Waals surface area contributed by atoms with Crippen molar-refractivity contribution in [3.8, 4) is 0 Å². The highest BCUT2D eigenvalue weighted by Crippen LogP contribution is 2.23. The molecule has 0 saturated carbocycles. The zero-order valence-electron chi connectivity index (χ0n) is 17.9. The topological polar surface area (TPSA) is 83.6 Å². The molecular formula is C24H30N2O4S. The van der Waals surface area contributed by atoms with E-state index in [1.54, 1.807) is 29.2 Å². The molecular weight excluding hydrogens is 412 g/mol. The van der Waals surface area contributed by atoms with Crippen molar-refractivity contribution < 1.29 is 18.0 Å².